The lowest BCUT2D eigenvalue weighted by molar-refractivity contribution is -0.144. The van der Waals surface area contributed by atoms with Crippen LogP contribution in [0, 0.1) is 0 Å². The molecule has 1 heterocycles. The molecule has 21 heavy (non-hydrogen) atoms. The van der Waals surface area contributed by atoms with Crippen LogP contribution < -0.4 is 5.32 Å². The summed E-state index contributed by atoms with van der Waals surface area (Å²) in [7, 11) is -4.48. The predicted octanol–water partition coefficient (Wildman–Crippen LogP) is 1.41. The summed E-state index contributed by atoms with van der Waals surface area (Å²) >= 11 is 0. The topological polar surface area (TPSA) is 112 Å². The Kier molecular flexibility index (Phi) is 3.63. The molecular weight excluding hydrogens is 315 g/mol. The molecule has 0 saturated heterocycles. The molecule has 114 valence electrons. The summed E-state index contributed by atoms with van der Waals surface area (Å²) in [5, 5.41) is 2.13. The Labute approximate surface area is 115 Å². The summed E-state index contributed by atoms with van der Waals surface area (Å²) in [6.07, 6.45) is -4.63. The zero-order chi connectivity index (χ0) is 15.8. The van der Waals surface area contributed by atoms with E-state index in [1.165, 1.54) is 18.2 Å². The van der Waals surface area contributed by atoms with Crippen molar-refractivity contribution in [1.29, 1.82) is 0 Å². The number of fused-ring (bicyclic) bond motifs is 1. The van der Waals surface area contributed by atoms with Crippen molar-refractivity contribution in [3.05, 3.63) is 24.0 Å². The molecule has 0 aliphatic carbocycles. The van der Waals surface area contributed by atoms with E-state index < -0.39 is 33.8 Å². The van der Waals surface area contributed by atoms with Crippen molar-refractivity contribution in [1.82, 2.24) is 9.97 Å². The third kappa shape index (κ3) is 3.92. The van der Waals surface area contributed by atoms with Crippen LogP contribution in [0.25, 0.3) is 11.0 Å². The normalized spacial score (nSPS) is 12.6. The molecular formula is C10H8F3N3O4S. The number of hydrogen-bond donors (Lipinski definition) is 3. The second kappa shape index (κ2) is 5.00. The molecule has 7 nitrogen and oxygen atoms in total. The maximum absolute atomic E-state index is 12.5. The molecule has 0 saturated carbocycles. The van der Waals surface area contributed by atoms with Crippen molar-refractivity contribution in [2.75, 3.05) is 11.1 Å². The first-order valence-corrected chi connectivity index (χ1v) is 6.97. The first-order chi connectivity index (χ1) is 9.54. The van der Waals surface area contributed by atoms with Crippen LogP contribution in [0.4, 0.5) is 18.9 Å². The summed E-state index contributed by atoms with van der Waals surface area (Å²) in [5.74, 6) is -3.35. The number of rotatable bonds is 3. The number of aromatic nitrogens is 2. The molecule has 0 spiro atoms. The molecule has 0 aliphatic heterocycles. The minimum atomic E-state index is -4.63. The van der Waals surface area contributed by atoms with E-state index in [-0.39, 0.29) is 16.7 Å². The van der Waals surface area contributed by atoms with E-state index in [0.29, 0.717) is 0 Å². The van der Waals surface area contributed by atoms with E-state index >= 15 is 0 Å². The number of anilines is 1. The Hall–Kier alpha value is -2.14. The molecule has 2 aromatic rings. The summed E-state index contributed by atoms with van der Waals surface area (Å²) in [5.41, 5.74) is 0.121. The number of H-pyrrole nitrogens is 1. The van der Waals surface area contributed by atoms with Gasteiger partial charge in [0, 0.05) is 5.69 Å². The summed E-state index contributed by atoms with van der Waals surface area (Å²) < 4.78 is 66.9. The van der Waals surface area contributed by atoms with Gasteiger partial charge in [-0.1, -0.05) is 0 Å². The van der Waals surface area contributed by atoms with Gasteiger partial charge in [-0.25, -0.2) is 4.98 Å². The summed E-state index contributed by atoms with van der Waals surface area (Å²) in [4.78, 5) is 16.6. The number of nitrogens with zero attached hydrogens (tertiary/aromatic N) is 1. The van der Waals surface area contributed by atoms with E-state index in [9.17, 15) is 26.4 Å². The SMILES string of the molecule is O=C(CS(=O)(=O)O)Nc1ccc2nc(C(F)(F)F)[nH]c2c1. The molecule has 0 aliphatic rings. The fraction of sp³-hybridized carbons (Fsp3) is 0.200. The molecule has 1 amide bonds. The van der Waals surface area contributed by atoms with Crippen LogP contribution >= 0.6 is 0 Å². The first-order valence-electron chi connectivity index (χ1n) is 5.36. The Morgan fingerprint density at radius 1 is 1.38 bits per heavy atom. The minimum absolute atomic E-state index is 0.0204. The molecule has 0 atom stereocenters. The van der Waals surface area contributed by atoms with Crippen LogP contribution in [0.1, 0.15) is 5.82 Å². The van der Waals surface area contributed by atoms with Gasteiger partial charge in [-0.3, -0.25) is 9.35 Å². The smallest absolute Gasteiger partial charge is 0.334 e. The predicted molar refractivity (Wildman–Crippen MR) is 66.1 cm³/mol. The maximum Gasteiger partial charge on any atom is 0.449 e. The van der Waals surface area contributed by atoms with E-state index in [2.05, 4.69) is 10.3 Å². The van der Waals surface area contributed by atoms with Gasteiger partial charge in [0.2, 0.25) is 11.7 Å². The number of alkyl halides is 3. The van der Waals surface area contributed by atoms with Crippen molar-refractivity contribution >= 4 is 32.7 Å². The van der Waals surface area contributed by atoms with Crippen LogP contribution in [-0.4, -0.2) is 34.6 Å². The zero-order valence-electron chi connectivity index (χ0n) is 10.1. The quantitative estimate of drug-likeness (QED) is 0.739. The van der Waals surface area contributed by atoms with Gasteiger partial charge in [-0.15, -0.1) is 0 Å². The number of amides is 1. The molecule has 1 aromatic carbocycles. The highest BCUT2D eigenvalue weighted by molar-refractivity contribution is 7.86. The molecule has 0 unspecified atom stereocenters. The number of imidazole rings is 1. The summed E-state index contributed by atoms with van der Waals surface area (Å²) in [6, 6.07) is 3.65. The number of halogens is 3. The van der Waals surface area contributed by atoms with Crippen LogP contribution in [0.3, 0.4) is 0 Å². The third-order valence-corrected chi connectivity index (χ3v) is 2.97. The van der Waals surface area contributed by atoms with Crippen LogP contribution in [-0.2, 0) is 21.1 Å². The van der Waals surface area contributed by atoms with Crippen LogP contribution in [0.15, 0.2) is 18.2 Å². The molecule has 0 bridgehead atoms. The van der Waals surface area contributed by atoms with Crippen molar-refractivity contribution in [2.45, 2.75) is 6.18 Å². The monoisotopic (exact) mass is 323 g/mol. The van der Waals surface area contributed by atoms with Crippen molar-refractivity contribution < 1.29 is 30.9 Å². The molecule has 1 aromatic heterocycles. The molecule has 11 heteroatoms. The lowest BCUT2D eigenvalue weighted by Crippen LogP contribution is -2.22. The minimum Gasteiger partial charge on any atom is -0.334 e. The van der Waals surface area contributed by atoms with E-state index in [4.69, 9.17) is 4.55 Å². The van der Waals surface area contributed by atoms with E-state index in [1.54, 1.807) is 0 Å². The van der Waals surface area contributed by atoms with Crippen molar-refractivity contribution in [3.8, 4) is 0 Å². The van der Waals surface area contributed by atoms with Crippen LogP contribution in [0.5, 0.6) is 0 Å². The standard InChI is InChI=1S/C10H8F3N3O4S/c11-10(12,13)9-15-6-2-1-5(3-7(6)16-9)14-8(17)4-21(18,19)20/h1-3H,4H2,(H,14,17)(H,15,16)(H,18,19,20). The van der Waals surface area contributed by atoms with E-state index in [1.807, 2.05) is 4.98 Å². The van der Waals surface area contributed by atoms with Gasteiger partial charge in [0.15, 0.2) is 5.75 Å². The Morgan fingerprint density at radius 3 is 2.62 bits per heavy atom. The molecule has 3 N–H and O–H groups in total. The Bertz CT molecular complexity index is 797. The van der Waals surface area contributed by atoms with Gasteiger partial charge in [0.05, 0.1) is 11.0 Å². The zero-order valence-corrected chi connectivity index (χ0v) is 10.9. The number of aromatic amines is 1. The largest absolute Gasteiger partial charge is 0.449 e. The van der Waals surface area contributed by atoms with Gasteiger partial charge in [-0.05, 0) is 18.2 Å². The van der Waals surface area contributed by atoms with Gasteiger partial charge in [0.1, 0.15) is 0 Å². The Morgan fingerprint density at radius 2 is 2.05 bits per heavy atom. The molecule has 0 radical (unpaired) electrons. The lowest BCUT2D eigenvalue weighted by atomic mass is 10.3. The Balaban J connectivity index is 2.25. The second-order valence-electron chi connectivity index (χ2n) is 4.09. The van der Waals surface area contributed by atoms with Crippen LogP contribution in [0.2, 0.25) is 0 Å². The highest BCUT2D eigenvalue weighted by Crippen LogP contribution is 2.29. The van der Waals surface area contributed by atoms with Gasteiger partial charge < -0.3 is 10.3 Å². The highest BCUT2D eigenvalue weighted by Gasteiger charge is 2.34. The number of nitrogens with one attached hydrogen (secondary N) is 2. The highest BCUT2D eigenvalue weighted by atomic mass is 32.2. The molecule has 2 rings (SSSR count). The number of hydrogen-bond acceptors (Lipinski definition) is 4. The number of benzene rings is 1. The first kappa shape index (κ1) is 15.3. The van der Waals surface area contributed by atoms with Gasteiger partial charge in [-0.2, -0.15) is 21.6 Å². The number of carbonyl (C=O) groups excluding carboxylic acids is 1. The fourth-order valence-corrected chi connectivity index (χ4v) is 1.99. The van der Waals surface area contributed by atoms with Crippen molar-refractivity contribution in [3.63, 3.8) is 0 Å². The maximum atomic E-state index is 12.5. The van der Waals surface area contributed by atoms with Crippen molar-refractivity contribution in [2.24, 2.45) is 0 Å². The lowest BCUT2D eigenvalue weighted by Gasteiger charge is -2.03. The average Bonchev–Trinajstić information content (AvgIpc) is 2.68. The second-order valence-corrected chi connectivity index (χ2v) is 5.54. The third-order valence-electron chi connectivity index (χ3n) is 2.35. The van der Waals surface area contributed by atoms with Gasteiger partial charge >= 0.3 is 6.18 Å². The van der Waals surface area contributed by atoms with Gasteiger partial charge in [0.25, 0.3) is 10.1 Å². The fourth-order valence-electron chi connectivity index (χ4n) is 1.58. The molecule has 0 fully saturated rings. The average molecular weight is 323 g/mol. The van der Waals surface area contributed by atoms with E-state index in [0.717, 1.165) is 0 Å². The number of carbonyl (C=O) groups is 1. The summed E-state index contributed by atoms with van der Waals surface area (Å²) in [6.45, 7) is 0.